The number of rotatable bonds is 3. The maximum absolute atomic E-state index is 9.26. The summed E-state index contributed by atoms with van der Waals surface area (Å²) in [5.41, 5.74) is 11.9. The lowest BCUT2D eigenvalue weighted by Gasteiger charge is -2.19. The predicted molar refractivity (Wildman–Crippen MR) is 144 cm³/mol. The van der Waals surface area contributed by atoms with Crippen LogP contribution in [0.1, 0.15) is 43.8 Å². The summed E-state index contributed by atoms with van der Waals surface area (Å²) < 4.78 is 1.91. The van der Waals surface area contributed by atoms with E-state index in [1.165, 1.54) is 32.6 Å². The number of anilines is 1. The SMILES string of the molecule is CNC(=O)O.Nc1ncnn2c(C3CCCCC3)nc(-c3ccc4ccc(-c5ccccc5)nc4c3)c12. The van der Waals surface area contributed by atoms with Crippen molar-refractivity contribution < 1.29 is 9.90 Å². The molecule has 1 amide bonds. The zero-order chi connectivity index (χ0) is 25.8. The van der Waals surface area contributed by atoms with E-state index in [4.69, 9.17) is 20.8 Å². The molecule has 0 radical (unpaired) electrons. The number of nitrogens with zero attached hydrogens (tertiary/aromatic N) is 5. The van der Waals surface area contributed by atoms with E-state index in [1.807, 2.05) is 28.0 Å². The van der Waals surface area contributed by atoms with Crippen LogP contribution in [0.2, 0.25) is 0 Å². The molecule has 9 heteroatoms. The van der Waals surface area contributed by atoms with Gasteiger partial charge in [0.2, 0.25) is 0 Å². The van der Waals surface area contributed by atoms with Gasteiger partial charge in [0.05, 0.1) is 11.2 Å². The molecule has 0 spiro atoms. The lowest BCUT2D eigenvalue weighted by molar-refractivity contribution is 0.197. The Morgan fingerprint density at radius 3 is 2.46 bits per heavy atom. The molecule has 1 aliphatic carbocycles. The average Bonchev–Trinajstić information content (AvgIpc) is 3.35. The molecule has 6 rings (SSSR count). The molecule has 9 nitrogen and oxygen atoms in total. The topological polar surface area (TPSA) is 131 Å². The molecule has 0 atom stereocenters. The Balaban J connectivity index is 0.000000514. The zero-order valence-electron chi connectivity index (χ0n) is 20.6. The number of nitrogen functional groups attached to an aromatic ring is 1. The van der Waals surface area contributed by atoms with E-state index in [0.29, 0.717) is 11.7 Å². The minimum absolute atomic E-state index is 0.405. The van der Waals surface area contributed by atoms with E-state index in [2.05, 4.69) is 52.5 Å². The Bertz CT molecular complexity index is 1540. The lowest BCUT2D eigenvalue weighted by Crippen LogP contribution is -2.13. The van der Waals surface area contributed by atoms with Crippen molar-refractivity contribution in [2.75, 3.05) is 12.8 Å². The van der Waals surface area contributed by atoms with Gasteiger partial charge in [0.25, 0.3) is 0 Å². The van der Waals surface area contributed by atoms with Gasteiger partial charge in [0.1, 0.15) is 23.4 Å². The maximum Gasteiger partial charge on any atom is 0.404 e. The van der Waals surface area contributed by atoms with Gasteiger partial charge in [-0.1, -0.05) is 67.8 Å². The summed E-state index contributed by atoms with van der Waals surface area (Å²) in [4.78, 5) is 23.5. The van der Waals surface area contributed by atoms with E-state index >= 15 is 0 Å². The first-order valence-corrected chi connectivity index (χ1v) is 12.4. The Morgan fingerprint density at radius 2 is 1.73 bits per heavy atom. The first-order chi connectivity index (χ1) is 18.0. The number of carbonyl (C=O) groups is 1. The molecule has 1 saturated carbocycles. The van der Waals surface area contributed by atoms with E-state index in [9.17, 15) is 4.79 Å². The van der Waals surface area contributed by atoms with Gasteiger partial charge >= 0.3 is 6.09 Å². The Kier molecular flexibility index (Phi) is 6.93. The maximum atomic E-state index is 9.26. The summed E-state index contributed by atoms with van der Waals surface area (Å²) in [5, 5.41) is 15.2. The van der Waals surface area contributed by atoms with Crippen LogP contribution in [0, 0.1) is 0 Å². The zero-order valence-corrected chi connectivity index (χ0v) is 20.6. The van der Waals surface area contributed by atoms with Crippen LogP contribution in [0.3, 0.4) is 0 Å². The van der Waals surface area contributed by atoms with Crippen molar-refractivity contribution in [3.63, 3.8) is 0 Å². The van der Waals surface area contributed by atoms with Crippen LogP contribution < -0.4 is 11.1 Å². The van der Waals surface area contributed by atoms with Crippen molar-refractivity contribution in [2.45, 2.75) is 38.0 Å². The Hall–Kier alpha value is -4.53. The molecule has 0 saturated heterocycles. The highest BCUT2D eigenvalue weighted by atomic mass is 16.4. The molecule has 188 valence electrons. The highest BCUT2D eigenvalue weighted by Crippen LogP contribution is 2.36. The fourth-order valence-corrected chi connectivity index (χ4v) is 4.84. The largest absolute Gasteiger partial charge is 0.465 e. The number of imidazole rings is 1. The molecule has 0 unspecified atom stereocenters. The Labute approximate surface area is 214 Å². The van der Waals surface area contributed by atoms with E-state index in [1.54, 1.807) is 0 Å². The summed E-state index contributed by atoms with van der Waals surface area (Å²) in [5.74, 6) is 1.85. The van der Waals surface area contributed by atoms with Crippen molar-refractivity contribution in [2.24, 2.45) is 0 Å². The molecule has 0 aliphatic heterocycles. The summed E-state index contributed by atoms with van der Waals surface area (Å²) in [6.45, 7) is 0. The van der Waals surface area contributed by atoms with E-state index < -0.39 is 6.09 Å². The van der Waals surface area contributed by atoms with Crippen LogP contribution in [-0.2, 0) is 0 Å². The van der Waals surface area contributed by atoms with Crippen LogP contribution in [-0.4, -0.2) is 42.8 Å². The molecule has 37 heavy (non-hydrogen) atoms. The fourth-order valence-electron chi connectivity index (χ4n) is 4.84. The highest BCUT2D eigenvalue weighted by molar-refractivity contribution is 5.91. The van der Waals surface area contributed by atoms with Crippen LogP contribution >= 0.6 is 0 Å². The number of hydrogen-bond acceptors (Lipinski definition) is 6. The van der Waals surface area contributed by atoms with Gasteiger partial charge in [0, 0.05) is 29.5 Å². The number of hydrogen-bond donors (Lipinski definition) is 3. The fraction of sp³-hybridized carbons (Fsp3) is 0.250. The summed E-state index contributed by atoms with van der Waals surface area (Å²) in [6, 6.07) is 20.7. The molecule has 4 N–H and O–H groups in total. The first-order valence-electron chi connectivity index (χ1n) is 12.4. The molecule has 1 aliphatic rings. The number of pyridine rings is 1. The molecule has 3 aromatic heterocycles. The van der Waals surface area contributed by atoms with Crippen LogP contribution in [0.25, 0.3) is 38.9 Å². The highest BCUT2D eigenvalue weighted by Gasteiger charge is 2.25. The molecule has 2 aromatic carbocycles. The minimum Gasteiger partial charge on any atom is -0.465 e. The number of aromatic nitrogens is 5. The normalized spacial score (nSPS) is 13.8. The second-order valence-electron chi connectivity index (χ2n) is 9.08. The number of amides is 1. The number of nitrogens with two attached hydrogens (primary N) is 1. The average molecular weight is 496 g/mol. The predicted octanol–water partition coefficient (Wildman–Crippen LogP) is 5.52. The Morgan fingerprint density at radius 1 is 1.00 bits per heavy atom. The number of fused-ring (bicyclic) bond motifs is 2. The van der Waals surface area contributed by atoms with Gasteiger partial charge in [-0.3, -0.25) is 0 Å². The van der Waals surface area contributed by atoms with Crippen LogP contribution in [0.4, 0.5) is 10.6 Å². The number of nitrogens with one attached hydrogen (secondary N) is 1. The van der Waals surface area contributed by atoms with Gasteiger partial charge in [-0.25, -0.2) is 24.3 Å². The third-order valence-corrected chi connectivity index (χ3v) is 6.71. The van der Waals surface area contributed by atoms with Gasteiger partial charge in [-0.05, 0) is 25.0 Å². The summed E-state index contributed by atoms with van der Waals surface area (Å²) in [6.07, 6.45) is 6.57. The van der Waals surface area contributed by atoms with E-state index in [-0.39, 0.29) is 0 Å². The first kappa shape index (κ1) is 24.2. The summed E-state index contributed by atoms with van der Waals surface area (Å²) >= 11 is 0. The molecule has 3 heterocycles. The summed E-state index contributed by atoms with van der Waals surface area (Å²) in [7, 11) is 1.35. The van der Waals surface area contributed by atoms with Crippen LogP contribution in [0.15, 0.2) is 67.0 Å². The second kappa shape index (κ2) is 10.6. The van der Waals surface area contributed by atoms with Gasteiger partial charge < -0.3 is 16.2 Å². The molecule has 1 fully saturated rings. The molecule has 0 bridgehead atoms. The third kappa shape index (κ3) is 5.06. The van der Waals surface area contributed by atoms with Crippen molar-refractivity contribution in [3.05, 3.63) is 72.8 Å². The molecular weight excluding hydrogens is 466 g/mol. The monoisotopic (exact) mass is 495 g/mol. The standard InChI is InChI=1S/C26H24N6.C2H5NO2/c27-25-24-23(31-26(32(24)29-16-28-25)19-9-5-2-6-10-19)20-12-11-18-13-14-21(30-22(18)15-20)17-7-3-1-4-8-17;1-3-2(4)5/h1,3-4,7-8,11-16,19H,2,5-6,9-10H2,(H2,27,28,29);3H,1H3,(H,4,5). The molecular formula is C28H29N7O2. The third-order valence-electron chi connectivity index (χ3n) is 6.71. The minimum atomic E-state index is -0.995. The second-order valence-corrected chi connectivity index (χ2v) is 9.08. The quantitative estimate of drug-likeness (QED) is 0.300. The lowest BCUT2D eigenvalue weighted by atomic mass is 9.89. The van der Waals surface area contributed by atoms with Crippen molar-refractivity contribution >= 4 is 28.3 Å². The van der Waals surface area contributed by atoms with Gasteiger partial charge in [0.15, 0.2) is 5.82 Å². The van der Waals surface area contributed by atoms with Gasteiger partial charge in [-0.15, -0.1) is 0 Å². The van der Waals surface area contributed by atoms with Crippen molar-refractivity contribution in [1.29, 1.82) is 0 Å². The van der Waals surface area contributed by atoms with Gasteiger partial charge in [-0.2, -0.15) is 5.10 Å². The number of benzene rings is 2. The van der Waals surface area contributed by atoms with Crippen molar-refractivity contribution in [3.8, 4) is 22.5 Å². The smallest absolute Gasteiger partial charge is 0.404 e. The molecule has 5 aromatic rings. The van der Waals surface area contributed by atoms with Crippen molar-refractivity contribution in [1.82, 2.24) is 29.9 Å². The van der Waals surface area contributed by atoms with Crippen LogP contribution in [0.5, 0.6) is 0 Å². The van der Waals surface area contributed by atoms with E-state index in [0.717, 1.165) is 57.6 Å². The number of carboxylic acid groups (broad SMARTS) is 1.